The first-order valence-electron chi connectivity index (χ1n) is 17.4. The average Bonchev–Trinajstić information content (AvgIpc) is 2.98. The van der Waals surface area contributed by atoms with E-state index in [2.05, 4.69) is 107 Å². The van der Waals surface area contributed by atoms with Crippen LogP contribution in [-0.4, -0.2) is 78.8 Å². The summed E-state index contributed by atoms with van der Waals surface area (Å²) in [5.41, 5.74) is 10.3. The molecule has 2 heterocycles. The first kappa shape index (κ1) is 40.0. The maximum atomic E-state index is 12.2. The van der Waals surface area contributed by atoms with Crippen LogP contribution in [-0.2, 0) is 30.9 Å². The van der Waals surface area contributed by atoms with Gasteiger partial charge in [-0.1, -0.05) is 26.0 Å². The molecule has 2 aromatic carbocycles. The Labute approximate surface area is 304 Å². The summed E-state index contributed by atoms with van der Waals surface area (Å²) in [6.07, 6.45) is 6.66. The molecule has 0 bridgehead atoms. The van der Waals surface area contributed by atoms with Crippen molar-refractivity contribution in [2.24, 2.45) is 0 Å². The molecule has 0 amide bonds. The number of carboxylic acids is 1. The normalized spacial score (nSPS) is 18.7. The smallest absolute Gasteiger partial charge is 0.425 e. The molecule has 3 aliphatic rings. The summed E-state index contributed by atoms with van der Waals surface area (Å²) in [7, 11) is -7.63. The van der Waals surface area contributed by atoms with E-state index < -0.39 is 43.4 Å². The lowest BCUT2D eigenvalue weighted by atomic mass is 9.66. The van der Waals surface area contributed by atoms with Crippen molar-refractivity contribution in [2.45, 2.75) is 104 Å². The number of fused-ring (bicyclic) bond motifs is 4. The second kappa shape index (κ2) is 14.7. The molecule has 13 heteroatoms. The number of nitrogens with zero attached hydrogens (tertiary/aromatic N) is 2. The van der Waals surface area contributed by atoms with Gasteiger partial charge in [0, 0.05) is 53.8 Å². The second-order valence-corrected chi connectivity index (χ2v) is 17.0. The van der Waals surface area contributed by atoms with Gasteiger partial charge in [0.1, 0.15) is 6.54 Å². The highest BCUT2D eigenvalue weighted by molar-refractivity contribution is 7.86. The zero-order valence-corrected chi connectivity index (χ0v) is 32.8. The van der Waals surface area contributed by atoms with Gasteiger partial charge in [0.25, 0.3) is 0 Å². The fourth-order valence-corrected chi connectivity index (χ4v) is 8.89. The number of benzene rings is 2. The highest BCUT2D eigenvalue weighted by Crippen LogP contribution is 2.50. The molecule has 0 unspecified atom stereocenters. The summed E-state index contributed by atoms with van der Waals surface area (Å²) < 4.78 is 61.8. The van der Waals surface area contributed by atoms with Crippen LogP contribution in [0.1, 0.15) is 121 Å². The molecule has 0 spiro atoms. The molecule has 51 heavy (non-hydrogen) atoms. The molecule has 0 fully saturated rings. The van der Waals surface area contributed by atoms with Gasteiger partial charge in [-0.2, -0.15) is 0 Å². The Morgan fingerprint density at radius 2 is 1.29 bits per heavy atom. The van der Waals surface area contributed by atoms with Gasteiger partial charge in [-0.05, 0) is 108 Å². The van der Waals surface area contributed by atoms with Crippen molar-refractivity contribution < 1.29 is 40.5 Å². The van der Waals surface area contributed by atoms with Gasteiger partial charge in [-0.15, -0.1) is 12.6 Å². The molecule has 2 aliphatic heterocycles. The number of anilines is 2. The number of likely N-dealkylation sites (N-methyl/N-ethyl adjacent to an activating group) is 2. The number of rotatable bonds is 10. The standard InChI is InChI=1S/C38H51N3O5S.O3S/c1-10-40-32-19-30-28(17-26(32)24(3)21-36(40,4)5)35(39-16-14-12-13-15-34(42)43)29-18-27-25(23-47(44,45)46)22-37(6,7)41(11-2)33(27)20-31(29)38(30,8)9;1-4(2)3/h17-22H,10-16,23H2,1-9H3,(H,42,43)(H,44,45,46);. The number of hydrogen-bond donors (Lipinski definition) is 2. The zero-order valence-electron chi connectivity index (χ0n) is 31.1. The second-order valence-electron chi connectivity index (χ2n) is 15.2. The van der Waals surface area contributed by atoms with E-state index in [1.807, 2.05) is 6.08 Å². The topological polar surface area (TPSA) is 166 Å². The molecule has 5 rings (SSSR count). The zero-order chi connectivity index (χ0) is 38.3. The van der Waals surface area contributed by atoms with Crippen LogP contribution in [0.4, 0.5) is 11.4 Å². The Morgan fingerprint density at radius 3 is 1.78 bits per heavy atom. The lowest BCUT2D eigenvalue weighted by Crippen LogP contribution is -2.74. The van der Waals surface area contributed by atoms with Crippen molar-refractivity contribution in [1.82, 2.24) is 0 Å². The highest BCUT2D eigenvalue weighted by Gasteiger charge is 2.43. The monoisotopic (exact) mass is 741 g/mol. The van der Waals surface area contributed by atoms with Crippen molar-refractivity contribution in [3.8, 4) is 0 Å². The quantitative estimate of drug-likeness (QED) is 0.263. The van der Waals surface area contributed by atoms with Crippen molar-refractivity contribution in [3.63, 3.8) is 0 Å². The van der Waals surface area contributed by atoms with Crippen LogP contribution in [0.25, 0.3) is 11.1 Å². The van der Waals surface area contributed by atoms with Crippen LogP contribution in [0.3, 0.4) is 0 Å². The van der Waals surface area contributed by atoms with E-state index in [0.29, 0.717) is 25.1 Å². The van der Waals surface area contributed by atoms with Crippen LogP contribution in [0.15, 0.2) is 36.4 Å². The summed E-state index contributed by atoms with van der Waals surface area (Å²) in [6.45, 7) is 21.9. The van der Waals surface area contributed by atoms with Crippen LogP contribution in [0.5, 0.6) is 0 Å². The number of nitrogens with one attached hydrogen (secondary N) is 1. The van der Waals surface area contributed by atoms with Gasteiger partial charge in [-0.25, -0.2) is 13.4 Å². The molecular formula is C38H51N3O8S2. The minimum absolute atomic E-state index is 0.131. The molecule has 11 nitrogen and oxygen atoms in total. The summed E-state index contributed by atoms with van der Waals surface area (Å²) in [5, 5.41) is 9.09. The molecule has 0 atom stereocenters. The summed E-state index contributed by atoms with van der Waals surface area (Å²) in [4.78, 5) is 19.6. The third-order valence-electron chi connectivity index (χ3n) is 10.3. The maximum absolute atomic E-state index is 12.2. The van der Waals surface area contributed by atoms with Crippen molar-refractivity contribution in [3.05, 3.63) is 69.8 Å². The lowest BCUT2D eigenvalue weighted by Gasteiger charge is -2.46. The van der Waals surface area contributed by atoms with Crippen LogP contribution in [0, 0.1) is 0 Å². The van der Waals surface area contributed by atoms with Crippen molar-refractivity contribution in [2.75, 3.05) is 35.2 Å². The molecule has 278 valence electrons. The summed E-state index contributed by atoms with van der Waals surface area (Å²) in [5.74, 6) is -1.34. The third kappa shape index (κ3) is 8.31. The van der Waals surface area contributed by atoms with Crippen LogP contribution in [0.2, 0.25) is 0 Å². The summed E-state index contributed by atoms with van der Waals surface area (Å²) in [6, 6.07) is 9.01. The van der Waals surface area contributed by atoms with Gasteiger partial charge >= 0.3 is 16.6 Å². The van der Waals surface area contributed by atoms with Crippen molar-refractivity contribution >= 4 is 54.9 Å². The number of unbranched alkanes of at least 4 members (excludes halogenated alkanes) is 2. The molecule has 2 N–H and O–H groups in total. The Morgan fingerprint density at radius 1 is 0.804 bits per heavy atom. The van der Waals surface area contributed by atoms with E-state index in [1.165, 1.54) is 22.4 Å². The largest absolute Gasteiger partial charge is 0.748 e. The molecule has 2 aromatic rings. The van der Waals surface area contributed by atoms with Crippen molar-refractivity contribution in [1.29, 1.82) is 0 Å². The average molecular weight is 742 g/mol. The molecule has 1 aliphatic carbocycles. The highest BCUT2D eigenvalue weighted by atomic mass is 32.2. The Kier molecular flexibility index (Phi) is 11.5. The van der Waals surface area contributed by atoms with E-state index >= 15 is 0 Å². The fraction of sp³-hybridized carbons (Fsp3) is 0.526. The molecule has 0 saturated carbocycles. The number of aliphatic carboxylic acids is 1. The van der Waals surface area contributed by atoms with E-state index in [0.717, 1.165) is 53.0 Å². The predicted molar refractivity (Wildman–Crippen MR) is 200 cm³/mol. The van der Waals surface area contributed by atoms with Gasteiger partial charge in [0.05, 0.1) is 38.1 Å². The minimum Gasteiger partial charge on any atom is -0.748 e. The first-order chi connectivity index (χ1) is 23.6. The van der Waals surface area contributed by atoms with Gasteiger partial charge in [0.15, 0.2) is 0 Å². The summed E-state index contributed by atoms with van der Waals surface area (Å²) >= 11 is 0. The first-order valence-corrected chi connectivity index (χ1v) is 20.0. The number of carboxylic acid groups (broad SMARTS) is 1. The molecular weight excluding hydrogens is 691 g/mol. The number of carbonyl (C=O) groups is 1. The number of allylic oxidation sites excluding steroid dienone is 1. The third-order valence-corrected chi connectivity index (χ3v) is 11.0. The predicted octanol–water partition coefficient (Wildman–Crippen LogP) is 4.45. The number of hydrogen-bond acceptors (Lipinski definition) is 9. The van der Waals surface area contributed by atoms with E-state index in [4.69, 9.17) is 17.7 Å². The van der Waals surface area contributed by atoms with E-state index in [1.54, 1.807) is 0 Å². The molecule has 0 saturated heterocycles. The van der Waals surface area contributed by atoms with Gasteiger partial charge < -0.3 is 19.5 Å². The molecule has 0 radical (unpaired) electrons. The van der Waals surface area contributed by atoms with Crippen LogP contribution < -0.4 is 14.8 Å². The fourth-order valence-electron chi connectivity index (χ4n) is 8.27. The Bertz CT molecular complexity index is 2040. The Balaban J connectivity index is 0.00000138. The van der Waals surface area contributed by atoms with E-state index in [-0.39, 0.29) is 12.0 Å². The van der Waals surface area contributed by atoms with Gasteiger partial charge in [0.2, 0.25) is 5.71 Å². The Hall–Kier alpha value is -3.81. The van der Waals surface area contributed by atoms with Crippen LogP contribution >= 0.6 is 0 Å². The van der Waals surface area contributed by atoms with E-state index in [9.17, 15) is 17.8 Å². The lowest BCUT2D eigenvalue weighted by molar-refractivity contribution is -0.456. The molecule has 0 aromatic heterocycles. The van der Waals surface area contributed by atoms with Gasteiger partial charge in [-0.3, -0.25) is 4.79 Å². The SMILES string of the molecule is CCN1c2cc3c(cc2C(C)=CC1(C)C)C(=[NH+]CCCCCC(=O)O)c1cc2c(cc1C3(C)C)N(CC)C(C)(C)C=C2CS(=O)(=O)[O-].O=S(=O)=O. The minimum atomic E-state index is -4.52. The maximum Gasteiger partial charge on any atom is 0.425 e.